The summed E-state index contributed by atoms with van der Waals surface area (Å²) in [6.07, 6.45) is 0.486. The third kappa shape index (κ3) is 4.85. The van der Waals surface area contributed by atoms with E-state index < -0.39 is 5.97 Å². The number of urea groups is 1. The van der Waals surface area contributed by atoms with Crippen LogP contribution in [0.3, 0.4) is 0 Å². The first-order valence-electron chi connectivity index (χ1n) is 6.39. The van der Waals surface area contributed by atoms with Crippen LogP contribution in [0.5, 0.6) is 0 Å². The predicted molar refractivity (Wildman–Crippen MR) is 82.1 cm³/mol. The number of halogens is 1. The Morgan fingerprint density at radius 1 is 1.30 bits per heavy atom. The number of anilines is 1. The molecule has 0 fully saturated rings. The summed E-state index contributed by atoms with van der Waals surface area (Å²) in [5.74, 6) is -0.923. The Balaban J connectivity index is 2.73. The highest BCUT2D eigenvalue weighted by molar-refractivity contribution is 9.10. The number of aliphatic carboxylic acids is 1. The second-order valence-corrected chi connectivity index (χ2v) is 5.63. The van der Waals surface area contributed by atoms with Gasteiger partial charge in [0.2, 0.25) is 0 Å². The molecule has 1 aromatic carbocycles. The molecular formula is C14H19BrN2O3. The van der Waals surface area contributed by atoms with E-state index in [4.69, 9.17) is 5.11 Å². The molecule has 0 aromatic heterocycles. The van der Waals surface area contributed by atoms with E-state index in [0.29, 0.717) is 6.42 Å². The summed E-state index contributed by atoms with van der Waals surface area (Å²) in [4.78, 5) is 22.6. The van der Waals surface area contributed by atoms with Gasteiger partial charge >= 0.3 is 12.0 Å². The Labute approximate surface area is 126 Å². The summed E-state index contributed by atoms with van der Waals surface area (Å²) in [6.45, 7) is 5.65. The Kier molecular flexibility index (Phi) is 6.01. The van der Waals surface area contributed by atoms with Crippen molar-refractivity contribution < 1.29 is 14.7 Å². The Hall–Kier alpha value is -1.56. The van der Waals surface area contributed by atoms with Gasteiger partial charge in [0.05, 0.1) is 6.42 Å². The second kappa shape index (κ2) is 7.28. The number of carboxylic acid groups (broad SMARTS) is 1. The molecule has 3 N–H and O–H groups in total. The maximum absolute atomic E-state index is 11.9. The standard InChI is InChI=1S/C14H19BrN2O3/c1-4-11(7-12(18)19)16-14(20)17-13-8(2)5-10(15)6-9(13)3/h5-6,11H,4,7H2,1-3H3,(H,18,19)(H2,16,17,20). The number of rotatable bonds is 5. The van der Waals surface area contributed by atoms with E-state index in [0.717, 1.165) is 21.3 Å². The van der Waals surface area contributed by atoms with Crippen molar-refractivity contribution in [1.29, 1.82) is 0 Å². The van der Waals surface area contributed by atoms with Crippen molar-refractivity contribution >= 4 is 33.6 Å². The van der Waals surface area contributed by atoms with Crippen molar-refractivity contribution in [3.05, 3.63) is 27.7 Å². The molecule has 1 atom stereocenters. The van der Waals surface area contributed by atoms with Crippen LogP contribution < -0.4 is 10.6 Å². The summed E-state index contributed by atoms with van der Waals surface area (Å²) in [5, 5.41) is 14.2. The number of amides is 2. The lowest BCUT2D eigenvalue weighted by Gasteiger charge is -2.17. The molecule has 6 heteroatoms. The topological polar surface area (TPSA) is 78.4 Å². The van der Waals surface area contributed by atoms with Crippen molar-refractivity contribution in [1.82, 2.24) is 5.32 Å². The van der Waals surface area contributed by atoms with E-state index in [-0.39, 0.29) is 18.5 Å². The summed E-state index contributed by atoms with van der Waals surface area (Å²) >= 11 is 3.40. The van der Waals surface area contributed by atoms with Crippen LogP contribution in [0.4, 0.5) is 10.5 Å². The second-order valence-electron chi connectivity index (χ2n) is 4.72. The molecule has 110 valence electrons. The first kappa shape index (κ1) is 16.5. The van der Waals surface area contributed by atoms with Gasteiger partial charge in [-0.3, -0.25) is 4.79 Å². The summed E-state index contributed by atoms with van der Waals surface area (Å²) in [7, 11) is 0. The molecule has 0 saturated heterocycles. The zero-order chi connectivity index (χ0) is 15.3. The number of carbonyl (C=O) groups is 2. The first-order chi connectivity index (χ1) is 9.33. The summed E-state index contributed by atoms with van der Waals surface area (Å²) in [5.41, 5.74) is 2.63. The Bertz CT molecular complexity index is 494. The molecule has 0 heterocycles. The van der Waals surface area contributed by atoms with Crippen LogP contribution in [-0.2, 0) is 4.79 Å². The van der Waals surface area contributed by atoms with Gasteiger partial charge in [-0.15, -0.1) is 0 Å². The molecule has 1 rings (SSSR count). The van der Waals surface area contributed by atoms with Crippen molar-refractivity contribution in [3.8, 4) is 0 Å². The molecule has 0 aliphatic heterocycles. The minimum Gasteiger partial charge on any atom is -0.481 e. The third-order valence-electron chi connectivity index (χ3n) is 2.99. The molecule has 2 amide bonds. The molecule has 0 saturated carbocycles. The molecule has 0 radical (unpaired) electrons. The molecule has 0 aliphatic carbocycles. The molecule has 0 spiro atoms. The van der Waals surface area contributed by atoms with Gasteiger partial charge in [-0.2, -0.15) is 0 Å². The van der Waals surface area contributed by atoms with Gasteiger partial charge in [0.25, 0.3) is 0 Å². The van der Waals surface area contributed by atoms with E-state index in [9.17, 15) is 9.59 Å². The lowest BCUT2D eigenvalue weighted by atomic mass is 10.1. The fourth-order valence-corrected chi connectivity index (χ4v) is 2.64. The number of hydrogen-bond donors (Lipinski definition) is 3. The minimum atomic E-state index is -0.923. The number of carbonyl (C=O) groups excluding carboxylic acids is 1. The van der Waals surface area contributed by atoms with Crippen molar-refractivity contribution in [3.63, 3.8) is 0 Å². The van der Waals surface area contributed by atoms with Crippen LogP contribution in [-0.4, -0.2) is 23.1 Å². The zero-order valence-corrected chi connectivity index (χ0v) is 13.4. The Morgan fingerprint density at radius 3 is 2.30 bits per heavy atom. The minimum absolute atomic E-state index is 0.0811. The predicted octanol–water partition coefficient (Wildman–Crippen LogP) is 3.44. The van der Waals surface area contributed by atoms with Gasteiger partial charge < -0.3 is 15.7 Å². The van der Waals surface area contributed by atoms with Crippen LogP contribution in [0.1, 0.15) is 30.9 Å². The molecule has 20 heavy (non-hydrogen) atoms. The summed E-state index contributed by atoms with van der Waals surface area (Å²) < 4.78 is 0.954. The van der Waals surface area contributed by atoms with Gasteiger partial charge in [0.1, 0.15) is 0 Å². The lowest BCUT2D eigenvalue weighted by Crippen LogP contribution is -2.39. The molecule has 5 nitrogen and oxygen atoms in total. The van der Waals surface area contributed by atoms with Gasteiger partial charge in [0, 0.05) is 16.2 Å². The molecule has 0 aliphatic rings. The molecule has 1 unspecified atom stereocenters. The van der Waals surface area contributed by atoms with Crippen LogP contribution in [0, 0.1) is 13.8 Å². The number of nitrogens with one attached hydrogen (secondary N) is 2. The van der Waals surface area contributed by atoms with Crippen LogP contribution >= 0.6 is 15.9 Å². The van der Waals surface area contributed by atoms with Crippen molar-refractivity contribution in [2.45, 2.75) is 39.7 Å². The lowest BCUT2D eigenvalue weighted by molar-refractivity contribution is -0.137. The van der Waals surface area contributed by atoms with Gasteiger partial charge in [0.15, 0.2) is 0 Å². The highest BCUT2D eigenvalue weighted by Crippen LogP contribution is 2.25. The average molecular weight is 343 g/mol. The van der Waals surface area contributed by atoms with E-state index in [2.05, 4.69) is 26.6 Å². The third-order valence-corrected chi connectivity index (χ3v) is 3.44. The highest BCUT2D eigenvalue weighted by Gasteiger charge is 2.15. The van der Waals surface area contributed by atoms with Crippen molar-refractivity contribution in [2.24, 2.45) is 0 Å². The molecular weight excluding hydrogens is 324 g/mol. The normalized spacial score (nSPS) is 11.8. The monoisotopic (exact) mass is 342 g/mol. The smallest absolute Gasteiger partial charge is 0.319 e. The van der Waals surface area contributed by atoms with Gasteiger partial charge in [-0.25, -0.2) is 4.79 Å². The van der Waals surface area contributed by atoms with Crippen molar-refractivity contribution in [2.75, 3.05) is 5.32 Å². The van der Waals surface area contributed by atoms with Crippen LogP contribution in [0.15, 0.2) is 16.6 Å². The summed E-state index contributed by atoms with van der Waals surface area (Å²) in [6, 6.07) is 3.07. The number of aryl methyl sites for hydroxylation is 2. The van der Waals surface area contributed by atoms with Gasteiger partial charge in [-0.05, 0) is 43.5 Å². The van der Waals surface area contributed by atoms with E-state index in [1.807, 2.05) is 32.9 Å². The maximum atomic E-state index is 11.9. The fourth-order valence-electron chi connectivity index (χ4n) is 1.95. The fraction of sp³-hybridized carbons (Fsp3) is 0.429. The highest BCUT2D eigenvalue weighted by atomic mass is 79.9. The van der Waals surface area contributed by atoms with E-state index in [1.165, 1.54) is 0 Å². The maximum Gasteiger partial charge on any atom is 0.319 e. The first-order valence-corrected chi connectivity index (χ1v) is 7.18. The average Bonchev–Trinajstić information content (AvgIpc) is 2.32. The zero-order valence-electron chi connectivity index (χ0n) is 11.8. The SMILES string of the molecule is CCC(CC(=O)O)NC(=O)Nc1c(C)cc(Br)cc1C. The van der Waals surface area contributed by atoms with E-state index >= 15 is 0 Å². The Morgan fingerprint density at radius 2 is 1.85 bits per heavy atom. The molecule has 1 aromatic rings. The van der Waals surface area contributed by atoms with Gasteiger partial charge in [-0.1, -0.05) is 22.9 Å². The van der Waals surface area contributed by atoms with Crippen LogP contribution in [0.25, 0.3) is 0 Å². The number of benzene rings is 1. The number of carboxylic acids is 1. The largest absolute Gasteiger partial charge is 0.481 e. The number of hydrogen-bond acceptors (Lipinski definition) is 2. The quantitative estimate of drug-likeness (QED) is 0.766. The van der Waals surface area contributed by atoms with E-state index in [1.54, 1.807) is 0 Å². The van der Waals surface area contributed by atoms with Crippen LogP contribution in [0.2, 0.25) is 0 Å². The molecule has 0 bridgehead atoms.